The molecule has 1 atom stereocenters. The molecule has 4 aromatic rings. The van der Waals surface area contributed by atoms with E-state index in [1.807, 2.05) is 24.3 Å². The van der Waals surface area contributed by atoms with E-state index in [1.165, 1.54) is 27.8 Å². The molecule has 0 unspecified atom stereocenters. The van der Waals surface area contributed by atoms with Crippen LogP contribution in [0.25, 0.3) is 10.1 Å². The summed E-state index contributed by atoms with van der Waals surface area (Å²) in [4.78, 5) is 7.48. The minimum atomic E-state index is -0.270. The summed E-state index contributed by atoms with van der Waals surface area (Å²) in [6.07, 6.45) is 1.98. The van der Waals surface area contributed by atoms with Crippen LogP contribution in [-0.2, 0) is 6.42 Å². The predicted molar refractivity (Wildman–Crippen MR) is 139 cm³/mol. The number of hydrogen-bond donors (Lipinski definition) is 2. The molecular weight excluding hydrogens is 447 g/mol. The van der Waals surface area contributed by atoms with Crippen LogP contribution in [0.1, 0.15) is 17.5 Å². The molecule has 1 saturated heterocycles. The highest BCUT2D eigenvalue weighted by Gasteiger charge is 2.29. The van der Waals surface area contributed by atoms with Crippen LogP contribution in [0.5, 0.6) is 5.75 Å². The highest BCUT2D eigenvalue weighted by molar-refractivity contribution is 7.23. The molecule has 7 heteroatoms. The maximum atomic E-state index is 14.0. The molecule has 0 bridgehead atoms. The normalized spacial score (nSPS) is 17.5. The van der Waals surface area contributed by atoms with Gasteiger partial charge >= 0.3 is 0 Å². The van der Waals surface area contributed by atoms with Crippen molar-refractivity contribution in [3.63, 3.8) is 0 Å². The van der Waals surface area contributed by atoms with Gasteiger partial charge in [0, 0.05) is 47.9 Å². The summed E-state index contributed by atoms with van der Waals surface area (Å²) in [7, 11) is 0. The van der Waals surface area contributed by atoms with Gasteiger partial charge in [-0.15, -0.1) is 11.3 Å². The Morgan fingerprint density at radius 3 is 2.82 bits per heavy atom. The summed E-state index contributed by atoms with van der Waals surface area (Å²) in [5, 5.41) is 17.0. The van der Waals surface area contributed by atoms with E-state index in [4.69, 9.17) is 10.1 Å². The van der Waals surface area contributed by atoms with Crippen molar-refractivity contribution in [1.82, 2.24) is 10.2 Å². The summed E-state index contributed by atoms with van der Waals surface area (Å²) in [5.74, 6) is 1.23. The number of benzene rings is 3. The number of hydrogen-bond acceptors (Lipinski definition) is 5. The van der Waals surface area contributed by atoms with Gasteiger partial charge in [-0.1, -0.05) is 18.2 Å². The minimum Gasteiger partial charge on any atom is -0.593 e. The van der Waals surface area contributed by atoms with Crippen molar-refractivity contribution < 1.29 is 9.50 Å². The maximum Gasteiger partial charge on any atom is 0.253 e. The first-order chi connectivity index (χ1) is 16.6. The molecule has 0 amide bonds. The largest absolute Gasteiger partial charge is 0.593 e. The van der Waals surface area contributed by atoms with Crippen molar-refractivity contribution in [3.8, 4) is 5.75 Å². The molecule has 2 aliphatic rings. The van der Waals surface area contributed by atoms with Gasteiger partial charge in [0.2, 0.25) is 0 Å². The molecule has 3 heterocycles. The Morgan fingerprint density at radius 1 is 1.09 bits per heavy atom. The lowest BCUT2D eigenvalue weighted by atomic mass is 10.0. The second-order valence-electron chi connectivity index (χ2n) is 8.86. The number of halogens is 1. The van der Waals surface area contributed by atoms with E-state index in [-0.39, 0.29) is 5.82 Å². The van der Waals surface area contributed by atoms with Gasteiger partial charge in [-0.3, -0.25) is 0 Å². The van der Waals surface area contributed by atoms with Crippen molar-refractivity contribution >= 4 is 43.6 Å². The zero-order valence-corrected chi connectivity index (χ0v) is 19.5. The molecule has 5 nitrogen and oxygen atoms in total. The summed E-state index contributed by atoms with van der Waals surface area (Å²) in [6, 6.07) is 21.3. The smallest absolute Gasteiger partial charge is 0.253 e. The first-order valence-electron chi connectivity index (χ1n) is 11.6. The van der Waals surface area contributed by atoms with E-state index in [1.54, 1.807) is 17.4 Å². The summed E-state index contributed by atoms with van der Waals surface area (Å²) < 4.78 is 15.2. The van der Waals surface area contributed by atoms with E-state index < -0.39 is 0 Å². The van der Waals surface area contributed by atoms with Crippen LogP contribution < -0.4 is 10.6 Å². The molecule has 0 spiro atoms. The zero-order chi connectivity index (χ0) is 23.1. The summed E-state index contributed by atoms with van der Waals surface area (Å²) in [5.41, 5.74) is 3.82. The third kappa shape index (κ3) is 4.02. The number of nitrogens with zero attached hydrogens (tertiary/aromatic N) is 2. The minimum absolute atomic E-state index is 0.270. The molecule has 3 aromatic carbocycles. The first kappa shape index (κ1) is 21.1. The number of amidine groups is 1. The van der Waals surface area contributed by atoms with Crippen molar-refractivity contribution in [2.45, 2.75) is 18.9 Å². The second kappa shape index (κ2) is 8.74. The SMILES string of the molecule is [OH2+]c1ccc(CC[C@H]2CN(C3=Nc4ccc(F)cc4Nc4sc5ccccc5c43)CCN2)cc1. The third-order valence-electron chi connectivity index (χ3n) is 6.54. The van der Waals surface area contributed by atoms with E-state index in [9.17, 15) is 4.39 Å². The number of anilines is 2. The van der Waals surface area contributed by atoms with Gasteiger partial charge in [0.1, 0.15) is 16.7 Å². The topological polar surface area (TPSA) is 62.6 Å². The second-order valence-corrected chi connectivity index (χ2v) is 9.91. The van der Waals surface area contributed by atoms with E-state index >= 15 is 0 Å². The van der Waals surface area contributed by atoms with Gasteiger partial charge in [-0.2, -0.15) is 0 Å². The average Bonchev–Trinajstić information content (AvgIpc) is 3.13. The Labute approximate surface area is 201 Å². The molecule has 0 aliphatic carbocycles. The molecule has 2 aliphatic heterocycles. The molecule has 0 saturated carbocycles. The number of rotatable bonds is 3. The van der Waals surface area contributed by atoms with E-state index in [0.717, 1.165) is 54.6 Å². The van der Waals surface area contributed by atoms with Crippen LogP contribution in [0.4, 0.5) is 20.8 Å². The molecule has 1 fully saturated rings. The maximum absolute atomic E-state index is 14.0. The van der Waals surface area contributed by atoms with Crippen LogP contribution in [0, 0.1) is 5.82 Å². The van der Waals surface area contributed by atoms with Gasteiger partial charge in [0.15, 0.2) is 0 Å². The van der Waals surface area contributed by atoms with Gasteiger partial charge in [0.25, 0.3) is 5.75 Å². The Kier molecular flexibility index (Phi) is 5.43. The number of aryl methyl sites for hydroxylation is 1. The third-order valence-corrected chi connectivity index (χ3v) is 7.63. The lowest BCUT2D eigenvalue weighted by Crippen LogP contribution is -2.52. The van der Waals surface area contributed by atoms with Crippen LogP contribution in [0.15, 0.2) is 71.7 Å². The fourth-order valence-corrected chi connectivity index (χ4v) is 5.92. The number of thiophene rings is 1. The number of nitrogens with one attached hydrogen (secondary N) is 2. The van der Waals surface area contributed by atoms with E-state index in [0.29, 0.717) is 17.5 Å². The van der Waals surface area contributed by atoms with Crippen LogP contribution >= 0.6 is 11.3 Å². The zero-order valence-electron chi connectivity index (χ0n) is 18.6. The van der Waals surface area contributed by atoms with Gasteiger partial charge in [-0.05, 0) is 54.8 Å². The first-order valence-corrected chi connectivity index (χ1v) is 12.4. The van der Waals surface area contributed by atoms with Crippen LogP contribution in [-0.4, -0.2) is 41.5 Å². The molecular formula is C27H26FN4OS+. The summed E-state index contributed by atoms with van der Waals surface area (Å²) >= 11 is 1.69. The molecule has 34 heavy (non-hydrogen) atoms. The molecule has 0 radical (unpaired) electrons. The van der Waals surface area contributed by atoms with Crippen molar-refractivity contribution in [2.24, 2.45) is 4.99 Å². The molecule has 6 rings (SSSR count). The fraction of sp³-hybridized carbons (Fsp3) is 0.222. The van der Waals surface area contributed by atoms with Gasteiger partial charge < -0.3 is 20.6 Å². The molecule has 4 N–H and O–H groups in total. The number of aliphatic imine (C=N–C) groups is 1. The summed E-state index contributed by atoms with van der Waals surface area (Å²) in [6.45, 7) is 2.61. The van der Waals surface area contributed by atoms with Crippen molar-refractivity contribution in [3.05, 3.63) is 83.7 Å². The van der Waals surface area contributed by atoms with Crippen molar-refractivity contribution in [1.29, 1.82) is 0 Å². The Morgan fingerprint density at radius 2 is 1.94 bits per heavy atom. The monoisotopic (exact) mass is 473 g/mol. The predicted octanol–water partition coefficient (Wildman–Crippen LogP) is 5.52. The Bertz CT molecular complexity index is 1380. The van der Waals surface area contributed by atoms with Gasteiger partial charge in [-0.25, -0.2) is 9.38 Å². The standard InChI is InChI=1S/C27H25FN4OS/c28-18-8-12-22-23(15-18)31-27-25(21-3-1-2-4-24(21)34-27)26(30-22)32-14-13-29-19(16-32)9-5-17-6-10-20(33)11-7-17/h1-4,6-8,10-12,15,19,29,31,33H,5,9,13-14,16H2/p+1/t19-/m0/s1. The number of piperazine rings is 1. The average molecular weight is 474 g/mol. The highest BCUT2D eigenvalue weighted by atomic mass is 32.1. The number of fused-ring (bicyclic) bond motifs is 4. The Hall–Kier alpha value is -3.42. The lowest BCUT2D eigenvalue weighted by molar-refractivity contribution is 0.282. The molecule has 1 aromatic heterocycles. The van der Waals surface area contributed by atoms with Gasteiger partial charge in [0.05, 0.1) is 16.9 Å². The quantitative estimate of drug-likeness (QED) is 0.385. The lowest BCUT2D eigenvalue weighted by Gasteiger charge is -2.36. The Balaban J connectivity index is 1.34. The van der Waals surface area contributed by atoms with Crippen LogP contribution in [0.3, 0.4) is 0 Å². The van der Waals surface area contributed by atoms with Crippen LogP contribution in [0.2, 0.25) is 0 Å². The highest BCUT2D eigenvalue weighted by Crippen LogP contribution is 2.43. The van der Waals surface area contributed by atoms with E-state index in [2.05, 4.69) is 39.8 Å². The van der Waals surface area contributed by atoms with Crippen molar-refractivity contribution in [2.75, 3.05) is 25.0 Å². The molecule has 172 valence electrons. The fourth-order valence-electron chi connectivity index (χ4n) is 4.81.